The van der Waals surface area contributed by atoms with Crippen molar-refractivity contribution in [3.8, 4) is 5.88 Å². The third-order valence-corrected chi connectivity index (χ3v) is 4.57. The summed E-state index contributed by atoms with van der Waals surface area (Å²) in [5.74, 6) is 2.38. The predicted octanol–water partition coefficient (Wildman–Crippen LogP) is 3.61. The normalized spacial score (nSPS) is 22.3. The first kappa shape index (κ1) is 14.5. The van der Waals surface area contributed by atoms with Crippen LogP contribution in [0.5, 0.6) is 5.88 Å². The SMILES string of the molecule is CCCC1CCCCN1c1ccc(N)c(OCC2CC2)n1. The molecule has 0 aromatic carbocycles. The maximum atomic E-state index is 6.01. The molecule has 1 aromatic rings. The summed E-state index contributed by atoms with van der Waals surface area (Å²) in [5, 5.41) is 0. The second-order valence-corrected chi connectivity index (χ2v) is 6.45. The number of hydrogen-bond donors (Lipinski definition) is 1. The highest BCUT2D eigenvalue weighted by molar-refractivity contribution is 5.55. The van der Waals surface area contributed by atoms with Crippen molar-refractivity contribution in [1.82, 2.24) is 4.98 Å². The Morgan fingerprint density at radius 1 is 1.29 bits per heavy atom. The van der Waals surface area contributed by atoms with Crippen LogP contribution in [-0.2, 0) is 0 Å². The molecule has 2 heterocycles. The summed E-state index contributed by atoms with van der Waals surface area (Å²) in [4.78, 5) is 7.16. The molecule has 4 nitrogen and oxygen atoms in total. The van der Waals surface area contributed by atoms with E-state index in [1.807, 2.05) is 12.1 Å². The minimum Gasteiger partial charge on any atom is -0.476 e. The number of anilines is 2. The maximum absolute atomic E-state index is 6.01. The Kier molecular flexibility index (Phi) is 4.51. The molecule has 1 unspecified atom stereocenters. The van der Waals surface area contributed by atoms with E-state index < -0.39 is 0 Å². The largest absolute Gasteiger partial charge is 0.476 e. The van der Waals surface area contributed by atoms with Gasteiger partial charge in [-0.05, 0) is 56.6 Å². The van der Waals surface area contributed by atoms with Crippen molar-refractivity contribution < 1.29 is 4.74 Å². The Morgan fingerprint density at radius 2 is 2.14 bits per heavy atom. The van der Waals surface area contributed by atoms with Gasteiger partial charge in [0.15, 0.2) is 0 Å². The Hall–Kier alpha value is -1.45. The van der Waals surface area contributed by atoms with Crippen LogP contribution in [0.3, 0.4) is 0 Å². The van der Waals surface area contributed by atoms with E-state index in [4.69, 9.17) is 15.5 Å². The molecule has 1 aliphatic carbocycles. The van der Waals surface area contributed by atoms with Crippen LogP contribution in [0, 0.1) is 5.92 Å². The van der Waals surface area contributed by atoms with Crippen LogP contribution in [0.25, 0.3) is 0 Å². The molecular weight excluding hydrogens is 262 g/mol. The summed E-state index contributed by atoms with van der Waals surface area (Å²) < 4.78 is 5.82. The van der Waals surface area contributed by atoms with E-state index in [0.717, 1.165) is 24.9 Å². The van der Waals surface area contributed by atoms with Gasteiger partial charge in [0.25, 0.3) is 0 Å². The van der Waals surface area contributed by atoms with Gasteiger partial charge in [-0.15, -0.1) is 0 Å². The molecule has 2 aliphatic rings. The average molecular weight is 289 g/mol. The zero-order chi connectivity index (χ0) is 14.7. The molecule has 1 aromatic heterocycles. The lowest BCUT2D eigenvalue weighted by Crippen LogP contribution is -2.40. The Bertz CT molecular complexity index is 471. The van der Waals surface area contributed by atoms with Crippen molar-refractivity contribution in [3.05, 3.63) is 12.1 Å². The third kappa shape index (κ3) is 3.60. The highest BCUT2D eigenvalue weighted by atomic mass is 16.5. The number of ether oxygens (including phenoxy) is 1. The molecule has 1 saturated carbocycles. The van der Waals surface area contributed by atoms with Crippen LogP contribution >= 0.6 is 0 Å². The van der Waals surface area contributed by atoms with Crippen LogP contribution in [0.4, 0.5) is 11.5 Å². The van der Waals surface area contributed by atoms with Gasteiger partial charge in [-0.3, -0.25) is 0 Å². The van der Waals surface area contributed by atoms with Crippen LogP contribution < -0.4 is 15.4 Å². The highest BCUT2D eigenvalue weighted by Gasteiger charge is 2.25. The van der Waals surface area contributed by atoms with Gasteiger partial charge in [0.1, 0.15) is 5.82 Å². The first-order chi connectivity index (χ1) is 10.3. The van der Waals surface area contributed by atoms with Crippen molar-refractivity contribution >= 4 is 11.5 Å². The molecule has 1 atom stereocenters. The highest BCUT2D eigenvalue weighted by Crippen LogP contribution is 2.32. The molecule has 0 radical (unpaired) electrons. The molecule has 0 spiro atoms. The van der Waals surface area contributed by atoms with Gasteiger partial charge in [-0.1, -0.05) is 13.3 Å². The standard InChI is InChI=1S/C17H27N3O/c1-2-5-14-6-3-4-11-20(14)16-10-9-15(18)17(19-16)21-12-13-7-8-13/h9-10,13-14H,2-8,11-12,18H2,1H3. The van der Waals surface area contributed by atoms with E-state index in [-0.39, 0.29) is 0 Å². The van der Waals surface area contributed by atoms with Crippen molar-refractivity contribution in [1.29, 1.82) is 0 Å². The monoisotopic (exact) mass is 289 g/mol. The molecule has 1 saturated heterocycles. The quantitative estimate of drug-likeness (QED) is 0.869. The van der Waals surface area contributed by atoms with Crippen molar-refractivity contribution in [2.24, 2.45) is 5.92 Å². The van der Waals surface area contributed by atoms with Crippen LogP contribution in [0.15, 0.2) is 12.1 Å². The van der Waals surface area contributed by atoms with Gasteiger partial charge >= 0.3 is 0 Å². The Morgan fingerprint density at radius 3 is 2.90 bits per heavy atom. The molecule has 2 fully saturated rings. The summed E-state index contributed by atoms with van der Waals surface area (Å²) in [7, 11) is 0. The number of nitrogen functional groups attached to an aromatic ring is 1. The van der Waals surface area contributed by atoms with Gasteiger partial charge in [0.2, 0.25) is 5.88 Å². The lowest BCUT2D eigenvalue weighted by atomic mass is 9.98. The number of piperidine rings is 1. The zero-order valence-corrected chi connectivity index (χ0v) is 13.1. The number of rotatable bonds is 6. The van der Waals surface area contributed by atoms with Crippen molar-refractivity contribution in [3.63, 3.8) is 0 Å². The van der Waals surface area contributed by atoms with Gasteiger partial charge < -0.3 is 15.4 Å². The van der Waals surface area contributed by atoms with Crippen LogP contribution in [0.1, 0.15) is 51.9 Å². The number of nitrogens with zero attached hydrogens (tertiary/aromatic N) is 2. The third-order valence-electron chi connectivity index (χ3n) is 4.57. The average Bonchev–Trinajstić information content (AvgIpc) is 3.32. The molecule has 1 aliphatic heterocycles. The van der Waals surface area contributed by atoms with E-state index in [1.54, 1.807) is 0 Å². The predicted molar refractivity (Wildman–Crippen MR) is 86.8 cm³/mol. The summed E-state index contributed by atoms with van der Waals surface area (Å²) in [6, 6.07) is 4.62. The van der Waals surface area contributed by atoms with Crippen LogP contribution in [-0.4, -0.2) is 24.2 Å². The van der Waals surface area contributed by atoms with E-state index in [0.29, 0.717) is 17.6 Å². The summed E-state index contributed by atoms with van der Waals surface area (Å²) in [6.45, 7) is 4.12. The van der Waals surface area contributed by atoms with Crippen molar-refractivity contribution in [2.45, 2.75) is 57.9 Å². The fourth-order valence-electron chi connectivity index (χ4n) is 3.13. The van der Waals surface area contributed by atoms with Gasteiger partial charge in [-0.2, -0.15) is 4.98 Å². The second kappa shape index (κ2) is 6.54. The molecule has 0 amide bonds. The summed E-state index contributed by atoms with van der Waals surface area (Å²) in [5.41, 5.74) is 6.67. The molecule has 2 N–H and O–H groups in total. The molecule has 21 heavy (non-hydrogen) atoms. The molecule has 116 valence electrons. The number of nitrogens with two attached hydrogens (primary N) is 1. The fourth-order valence-corrected chi connectivity index (χ4v) is 3.13. The first-order valence-corrected chi connectivity index (χ1v) is 8.44. The number of aromatic nitrogens is 1. The minimum absolute atomic E-state index is 0.621. The van der Waals surface area contributed by atoms with Crippen LogP contribution in [0.2, 0.25) is 0 Å². The lowest BCUT2D eigenvalue weighted by Gasteiger charge is -2.36. The van der Waals surface area contributed by atoms with Gasteiger partial charge in [-0.25, -0.2) is 0 Å². The number of hydrogen-bond acceptors (Lipinski definition) is 4. The smallest absolute Gasteiger partial charge is 0.239 e. The zero-order valence-electron chi connectivity index (χ0n) is 13.1. The first-order valence-electron chi connectivity index (χ1n) is 8.44. The molecule has 4 heteroatoms. The summed E-state index contributed by atoms with van der Waals surface area (Å²) >= 11 is 0. The van der Waals surface area contributed by atoms with Gasteiger partial charge in [0, 0.05) is 12.6 Å². The molecular formula is C17H27N3O. The van der Waals surface area contributed by atoms with E-state index in [2.05, 4.69) is 11.8 Å². The van der Waals surface area contributed by atoms with E-state index in [9.17, 15) is 0 Å². The molecule has 3 rings (SSSR count). The molecule has 0 bridgehead atoms. The number of pyridine rings is 1. The Balaban J connectivity index is 1.74. The fraction of sp³-hybridized carbons (Fsp3) is 0.706. The topological polar surface area (TPSA) is 51.4 Å². The lowest BCUT2D eigenvalue weighted by molar-refractivity contribution is 0.290. The van der Waals surface area contributed by atoms with E-state index in [1.165, 1.54) is 44.9 Å². The minimum atomic E-state index is 0.621. The van der Waals surface area contributed by atoms with Gasteiger partial charge in [0.05, 0.1) is 12.3 Å². The van der Waals surface area contributed by atoms with Crippen molar-refractivity contribution in [2.75, 3.05) is 23.8 Å². The summed E-state index contributed by atoms with van der Waals surface area (Å²) in [6.07, 6.45) is 8.89. The second-order valence-electron chi connectivity index (χ2n) is 6.45. The Labute approximate surface area is 127 Å². The maximum Gasteiger partial charge on any atom is 0.239 e. The van der Waals surface area contributed by atoms with E-state index >= 15 is 0 Å².